The maximum absolute atomic E-state index is 13.1. The lowest BCUT2D eigenvalue weighted by Gasteiger charge is -2.26. The Labute approximate surface area is 175 Å². The van der Waals surface area contributed by atoms with Gasteiger partial charge in [0.25, 0.3) is 5.91 Å². The van der Waals surface area contributed by atoms with Crippen LogP contribution in [0.4, 0.5) is 13.2 Å². The van der Waals surface area contributed by atoms with E-state index in [0.717, 1.165) is 17.8 Å². The fourth-order valence-electron chi connectivity index (χ4n) is 3.40. The molecule has 0 radical (unpaired) electrons. The molecule has 1 aromatic carbocycles. The molecule has 31 heavy (non-hydrogen) atoms. The number of amides is 1. The highest BCUT2D eigenvalue weighted by Crippen LogP contribution is 2.30. The van der Waals surface area contributed by atoms with Gasteiger partial charge in [-0.25, -0.2) is 4.68 Å². The van der Waals surface area contributed by atoms with Gasteiger partial charge in [0, 0.05) is 30.9 Å². The fourth-order valence-corrected chi connectivity index (χ4v) is 3.40. The van der Waals surface area contributed by atoms with Crippen molar-refractivity contribution in [2.75, 3.05) is 20.2 Å². The second kappa shape index (κ2) is 8.21. The number of aromatic nitrogens is 3. The van der Waals surface area contributed by atoms with Crippen LogP contribution in [0.15, 0.2) is 60.1 Å². The first-order valence-electron chi connectivity index (χ1n) is 9.42. The summed E-state index contributed by atoms with van der Waals surface area (Å²) < 4.78 is 40.9. The summed E-state index contributed by atoms with van der Waals surface area (Å²) in [5.41, 5.74) is 1.50. The summed E-state index contributed by atoms with van der Waals surface area (Å²) in [4.78, 5) is 23.5. The number of oxime groups is 1. The Morgan fingerprint density at radius 3 is 2.81 bits per heavy atom. The Morgan fingerprint density at radius 1 is 1.26 bits per heavy atom. The number of carbonyl (C=O) groups is 1. The van der Waals surface area contributed by atoms with Gasteiger partial charge >= 0.3 is 6.18 Å². The molecule has 3 aromatic rings. The first-order valence-corrected chi connectivity index (χ1v) is 9.42. The SMILES string of the molecule is CO/N=C(/CN1CCc2nn(-c3cccnc3)cc2C1=O)c1cccc(C(F)(F)F)c1. The molecule has 1 amide bonds. The van der Waals surface area contributed by atoms with Crippen molar-refractivity contribution >= 4 is 11.6 Å². The molecule has 0 saturated carbocycles. The predicted molar refractivity (Wildman–Crippen MR) is 106 cm³/mol. The third kappa shape index (κ3) is 4.27. The summed E-state index contributed by atoms with van der Waals surface area (Å²) >= 11 is 0. The summed E-state index contributed by atoms with van der Waals surface area (Å²) in [6, 6.07) is 8.39. The molecule has 0 N–H and O–H groups in total. The first kappa shape index (κ1) is 20.6. The molecule has 0 spiro atoms. The number of pyridine rings is 1. The molecular formula is C21H18F3N5O2. The number of fused-ring (bicyclic) bond motifs is 1. The van der Waals surface area contributed by atoms with Gasteiger partial charge in [-0.1, -0.05) is 17.3 Å². The molecule has 0 saturated heterocycles. The average molecular weight is 429 g/mol. The molecule has 0 atom stereocenters. The Morgan fingerprint density at radius 2 is 2.10 bits per heavy atom. The molecule has 1 aliphatic heterocycles. The van der Waals surface area contributed by atoms with Crippen molar-refractivity contribution in [3.8, 4) is 5.69 Å². The van der Waals surface area contributed by atoms with E-state index < -0.39 is 11.7 Å². The summed E-state index contributed by atoms with van der Waals surface area (Å²) in [6.07, 6.45) is 0.947. The van der Waals surface area contributed by atoms with Crippen LogP contribution in [-0.4, -0.2) is 51.5 Å². The highest BCUT2D eigenvalue weighted by molar-refractivity contribution is 6.05. The number of hydrogen-bond donors (Lipinski definition) is 0. The molecule has 10 heteroatoms. The number of nitrogens with zero attached hydrogens (tertiary/aromatic N) is 5. The van der Waals surface area contributed by atoms with E-state index in [4.69, 9.17) is 4.84 Å². The summed E-state index contributed by atoms with van der Waals surface area (Å²) in [5.74, 6) is -0.271. The summed E-state index contributed by atoms with van der Waals surface area (Å²) in [6.45, 7) is 0.364. The van der Waals surface area contributed by atoms with Crippen LogP contribution in [0.3, 0.4) is 0 Å². The molecule has 0 bridgehead atoms. The third-order valence-electron chi connectivity index (χ3n) is 4.90. The van der Waals surface area contributed by atoms with Crippen LogP contribution in [0.25, 0.3) is 5.69 Å². The van der Waals surface area contributed by atoms with Crippen LogP contribution in [0.2, 0.25) is 0 Å². The number of alkyl halides is 3. The lowest BCUT2D eigenvalue weighted by Crippen LogP contribution is -2.40. The summed E-state index contributed by atoms with van der Waals surface area (Å²) in [5, 5.41) is 8.35. The smallest absolute Gasteiger partial charge is 0.399 e. The number of hydrogen-bond acceptors (Lipinski definition) is 5. The molecule has 2 aromatic heterocycles. The largest absolute Gasteiger partial charge is 0.416 e. The van der Waals surface area contributed by atoms with Crippen molar-refractivity contribution in [2.45, 2.75) is 12.6 Å². The van der Waals surface area contributed by atoms with Crippen molar-refractivity contribution in [3.63, 3.8) is 0 Å². The van der Waals surface area contributed by atoms with E-state index >= 15 is 0 Å². The second-order valence-electron chi connectivity index (χ2n) is 6.92. The van der Waals surface area contributed by atoms with Gasteiger partial charge in [0.1, 0.15) is 12.8 Å². The fraction of sp³-hybridized carbons (Fsp3) is 0.238. The van der Waals surface area contributed by atoms with Crippen molar-refractivity contribution in [2.24, 2.45) is 5.16 Å². The van der Waals surface area contributed by atoms with Crippen molar-refractivity contribution in [1.29, 1.82) is 0 Å². The van der Waals surface area contributed by atoms with Crippen molar-refractivity contribution < 1.29 is 22.8 Å². The van der Waals surface area contributed by atoms with E-state index in [1.54, 1.807) is 29.3 Å². The molecule has 7 nitrogen and oxygen atoms in total. The predicted octanol–water partition coefficient (Wildman–Crippen LogP) is 3.34. The van der Waals surface area contributed by atoms with Crippen LogP contribution in [0.1, 0.15) is 27.2 Å². The van der Waals surface area contributed by atoms with Gasteiger partial charge in [0.05, 0.1) is 35.2 Å². The number of carbonyl (C=O) groups excluding carboxylic acids is 1. The van der Waals surface area contributed by atoms with Gasteiger partial charge in [-0.3, -0.25) is 9.78 Å². The number of benzene rings is 1. The van der Waals surface area contributed by atoms with Crippen LogP contribution in [0.5, 0.6) is 0 Å². The molecular weight excluding hydrogens is 411 g/mol. The normalized spacial score (nSPS) is 14.5. The van der Waals surface area contributed by atoms with E-state index in [1.807, 2.05) is 6.07 Å². The van der Waals surface area contributed by atoms with E-state index in [0.29, 0.717) is 24.2 Å². The zero-order chi connectivity index (χ0) is 22.0. The Kier molecular flexibility index (Phi) is 5.45. The van der Waals surface area contributed by atoms with Crippen LogP contribution >= 0.6 is 0 Å². The topological polar surface area (TPSA) is 72.6 Å². The minimum atomic E-state index is -4.48. The quantitative estimate of drug-likeness (QED) is 0.461. The molecule has 1 aliphatic rings. The van der Waals surface area contributed by atoms with E-state index in [-0.39, 0.29) is 23.7 Å². The molecule has 160 valence electrons. The van der Waals surface area contributed by atoms with E-state index in [9.17, 15) is 18.0 Å². The number of halogens is 3. The monoisotopic (exact) mass is 429 g/mol. The maximum Gasteiger partial charge on any atom is 0.416 e. The maximum atomic E-state index is 13.1. The highest BCUT2D eigenvalue weighted by atomic mass is 19.4. The van der Waals surface area contributed by atoms with Crippen molar-refractivity contribution in [3.05, 3.63) is 77.4 Å². The van der Waals surface area contributed by atoms with Crippen LogP contribution in [0, 0.1) is 0 Å². The van der Waals surface area contributed by atoms with Gasteiger partial charge in [-0.05, 0) is 24.3 Å². The Hall–Kier alpha value is -3.69. The highest BCUT2D eigenvalue weighted by Gasteiger charge is 2.32. The van der Waals surface area contributed by atoms with Crippen LogP contribution in [-0.2, 0) is 17.4 Å². The number of rotatable bonds is 5. The van der Waals surface area contributed by atoms with Gasteiger partial charge in [-0.2, -0.15) is 18.3 Å². The van der Waals surface area contributed by atoms with Gasteiger partial charge < -0.3 is 9.74 Å². The van der Waals surface area contributed by atoms with Crippen molar-refractivity contribution in [1.82, 2.24) is 19.7 Å². The zero-order valence-corrected chi connectivity index (χ0v) is 16.5. The zero-order valence-electron chi connectivity index (χ0n) is 16.5. The average Bonchev–Trinajstić information content (AvgIpc) is 3.21. The second-order valence-corrected chi connectivity index (χ2v) is 6.92. The molecule has 0 unspecified atom stereocenters. The standard InChI is InChI=1S/C21H18F3N5O2/c1-31-27-19(14-4-2-5-15(10-14)21(22,23)24)13-28-9-7-18-17(20(28)30)12-29(26-18)16-6-3-8-25-11-16/h2-6,8,10-12H,7,9,13H2,1H3/b27-19-. The summed E-state index contributed by atoms with van der Waals surface area (Å²) in [7, 11) is 1.31. The van der Waals surface area contributed by atoms with Gasteiger partial charge in [0.2, 0.25) is 0 Å². The molecule has 0 fully saturated rings. The minimum absolute atomic E-state index is 0.00545. The minimum Gasteiger partial charge on any atom is -0.399 e. The molecule has 3 heterocycles. The lowest BCUT2D eigenvalue weighted by molar-refractivity contribution is -0.137. The molecule has 0 aliphatic carbocycles. The third-order valence-corrected chi connectivity index (χ3v) is 4.90. The first-order chi connectivity index (χ1) is 14.9. The van der Waals surface area contributed by atoms with E-state index in [2.05, 4.69) is 15.2 Å². The Balaban J connectivity index is 1.59. The van der Waals surface area contributed by atoms with E-state index in [1.165, 1.54) is 24.1 Å². The van der Waals surface area contributed by atoms with Crippen LogP contribution < -0.4 is 0 Å². The van der Waals surface area contributed by atoms with Gasteiger partial charge in [-0.15, -0.1) is 0 Å². The van der Waals surface area contributed by atoms with Gasteiger partial charge in [0.15, 0.2) is 0 Å². The lowest BCUT2D eigenvalue weighted by atomic mass is 10.0. The molecule has 4 rings (SSSR count). The Bertz CT molecular complexity index is 1130.